The van der Waals surface area contributed by atoms with E-state index in [9.17, 15) is 0 Å². The Kier molecular flexibility index (Phi) is 4.81. The smallest absolute Gasteiger partial charge is 0.0269 e. The summed E-state index contributed by atoms with van der Waals surface area (Å²) in [5.41, 5.74) is 0.812. The Morgan fingerprint density at radius 3 is 2.22 bits per heavy atom. The Labute approximate surface area is 145 Å². The Bertz CT molecular complexity index is 383. The highest BCUT2D eigenvalue weighted by atomic mass is 14.5. The quantitative estimate of drug-likeness (QED) is 0.453. The lowest BCUT2D eigenvalue weighted by Gasteiger charge is -2.36. The zero-order chi connectivity index (χ0) is 15.9. The van der Waals surface area contributed by atoms with E-state index >= 15 is 0 Å². The molecule has 132 valence electrons. The van der Waals surface area contributed by atoms with Crippen molar-refractivity contribution in [2.75, 3.05) is 0 Å². The van der Waals surface area contributed by atoms with Crippen LogP contribution in [0, 0.1) is 40.9 Å². The highest BCUT2D eigenvalue weighted by molar-refractivity contribution is 4.97. The second kappa shape index (κ2) is 6.72. The molecule has 0 spiro atoms. The minimum atomic E-state index is 0.812. The lowest BCUT2D eigenvalue weighted by Crippen LogP contribution is -2.26. The summed E-state index contributed by atoms with van der Waals surface area (Å²) in [6.45, 7) is 5.08. The van der Waals surface area contributed by atoms with Crippen molar-refractivity contribution in [3.63, 3.8) is 0 Å². The summed E-state index contributed by atoms with van der Waals surface area (Å²) in [7, 11) is 0. The molecule has 23 heavy (non-hydrogen) atoms. The van der Waals surface area contributed by atoms with Crippen LogP contribution in [0.15, 0.2) is 0 Å². The highest BCUT2D eigenvalue weighted by Crippen LogP contribution is 2.57. The number of fused-ring (bicyclic) bond motifs is 2. The molecule has 0 heteroatoms. The second-order valence-electron chi connectivity index (χ2n) is 10.2. The first-order valence-electron chi connectivity index (χ1n) is 11.2. The van der Waals surface area contributed by atoms with Gasteiger partial charge in [-0.25, -0.2) is 0 Å². The molecule has 0 nitrogen and oxygen atoms in total. The molecule has 0 radical (unpaired) electrons. The molecule has 0 amide bonds. The zero-order valence-electron chi connectivity index (χ0n) is 15.9. The number of hydrogen-bond donors (Lipinski definition) is 0. The third kappa shape index (κ3) is 3.02. The van der Waals surface area contributed by atoms with Crippen LogP contribution in [-0.4, -0.2) is 0 Å². The van der Waals surface area contributed by atoms with Crippen LogP contribution in [-0.2, 0) is 0 Å². The van der Waals surface area contributed by atoms with Crippen LogP contribution in [0.2, 0.25) is 0 Å². The van der Waals surface area contributed by atoms with Crippen LogP contribution in [0.1, 0.15) is 104 Å². The van der Waals surface area contributed by atoms with Gasteiger partial charge < -0.3 is 0 Å². The Hall–Kier alpha value is 0. The molecule has 4 aliphatic rings. The second-order valence-corrected chi connectivity index (χ2v) is 10.2. The zero-order valence-corrected chi connectivity index (χ0v) is 15.9. The molecule has 4 saturated carbocycles. The lowest BCUT2D eigenvalue weighted by molar-refractivity contribution is 0.141. The SMILES string of the molecule is CC1C2CC(CCCCC3(C4CCCC4)CCCC3)C(C2)C1C. The van der Waals surface area contributed by atoms with Crippen LogP contribution < -0.4 is 0 Å². The largest absolute Gasteiger partial charge is 0.0620 e. The summed E-state index contributed by atoms with van der Waals surface area (Å²) in [6.07, 6.45) is 21.9. The Morgan fingerprint density at radius 2 is 1.57 bits per heavy atom. The van der Waals surface area contributed by atoms with E-state index in [0.717, 1.165) is 40.9 Å². The van der Waals surface area contributed by atoms with E-state index in [1.807, 2.05) is 0 Å². The molecule has 5 unspecified atom stereocenters. The van der Waals surface area contributed by atoms with Crippen LogP contribution in [0.3, 0.4) is 0 Å². The van der Waals surface area contributed by atoms with Gasteiger partial charge in [-0.1, -0.05) is 58.8 Å². The first-order chi connectivity index (χ1) is 11.2. The predicted molar refractivity (Wildman–Crippen MR) is 99.4 cm³/mol. The summed E-state index contributed by atoms with van der Waals surface area (Å²) < 4.78 is 0. The highest BCUT2D eigenvalue weighted by Gasteiger charge is 2.48. The van der Waals surface area contributed by atoms with Gasteiger partial charge >= 0.3 is 0 Å². The van der Waals surface area contributed by atoms with Gasteiger partial charge in [0.05, 0.1) is 0 Å². The van der Waals surface area contributed by atoms with Crippen molar-refractivity contribution in [2.45, 2.75) is 104 Å². The maximum absolute atomic E-state index is 2.55. The molecule has 0 saturated heterocycles. The van der Waals surface area contributed by atoms with Crippen LogP contribution >= 0.6 is 0 Å². The molecule has 4 fully saturated rings. The fraction of sp³-hybridized carbons (Fsp3) is 1.00. The predicted octanol–water partition coefficient (Wildman–Crippen LogP) is 7.23. The first kappa shape index (κ1) is 16.5. The average Bonchev–Trinajstić information content (AvgIpc) is 3.32. The van der Waals surface area contributed by atoms with Gasteiger partial charge in [-0.2, -0.15) is 0 Å². The van der Waals surface area contributed by atoms with E-state index in [-0.39, 0.29) is 0 Å². The fourth-order valence-electron chi connectivity index (χ4n) is 7.79. The van der Waals surface area contributed by atoms with Crippen LogP contribution in [0.25, 0.3) is 0 Å². The van der Waals surface area contributed by atoms with Crippen LogP contribution in [0.5, 0.6) is 0 Å². The van der Waals surface area contributed by atoms with Crippen molar-refractivity contribution in [3.05, 3.63) is 0 Å². The topological polar surface area (TPSA) is 0 Å². The van der Waals surface area contributed by atoms with Crippen LogP contribution in [0.4, 0.5) is 0 Å². The molecule has 0 aromatic rings. The molecule has 0 aliphatic heterocycles. The first-order valence-corrected chi connectivity index (χ1v) is 11.2. The van der Waals surface area contributed by atoms with E-state index < -0.39 is 0 Å². The summed E-state index contributed by atoms with van der Waals surface area (Å²) in [5, 5.41) is 0. The van der Waals surface area contributed by atoms with Crippen molar-refractivity contribution in [1.82, 2.24) is 0 Å². The minimum absolute atomic E-state index is 0.812. The van der Waals surface area contributed by atoms with Gasteiger partial charge in [-0.05, 0) is 85.9 Å². The van der Waals surface area contributed by atoms with Gasteiger partial charge in [-0.3, -0.25) is 0 Å². The van der Waals surface area contributed by atoms with Crippen molar-refractivity contribution >= 4 is 0 Å². The maximum atomic E-state index is 2.55. The molecule has 2 bridgehead atoms. The number of hydrogen-bond acceptors (Lipinski definition) is 0. The number of unbranched alkanes of at least 4 members (excludes halogenated alkanes) is 1. The van der Waals surface area contributed by atoms with E-state index in [0.29, 0.717) is 0 Å². The summed E-state index contributed by atoms with van der Waals surface area (Å²) in [4.78, 5) is 0. The molecule has 0 heterocycles. The van der Waals surface area contributed by atoms with Gasteiger partial charge in [0.25, 0.3) is 0 Å². The van der Waals surface area contributed by atoms with Gasteiger partial charge in [0, 0.05) is 0 Å². The van der Waals surface area contributed by atoms with Crippen molar-refractivity contribution in [3.8, 4) is 0 Å². The van der Waals surface area contributed by atoms with E-state index in [2.05, 4.69) is 13.8 Å². The normalized spacial score (nSPS) is 42.8. The average molecular weight is 317 g/mol. The minimum Gasteiger partial charge on any atom is -0.0620 e. The van der Waals surface area contributed by atoms with Crippen molar-refractivity contribution in [1.29, 1.82) is 0 Å². The monoisotopic (exact) mass is 316 g/mol. The summed E-state index contributed by atoms with van der Waals surface area (Å²) in [5.74, 6) is 6.48. The molecule has 4 aliphatic carbocycles. The standard InChI is InChI=1S/C23H40/c1-17-18(2)22-16-20(17)15-19(22)9-5-6-12-23(13-7-8-14-23)21-10-3-4-11-21/h17-22H,3-16H2,1-2H3. The maximum Gasteiger partial charge on any atom is -0.0269 e. The van der Waals surface area contributed by atoms with Crippen molar-refractivity contribution < 1.29 is 0 Å². The molecule has 0 aromatic carbocycles. The van der Waals surface area contributed by atoms with Gasteiger partial charge in [-0.15, -0.1) is 0 Å². The van der Waals surface area contributed by atoms with E-state index in [4.69, 9.17) is 0 Å². The molecular formula is C23H40. The Balaban J connectivity index is 1.24. The Morgan fingerprint density at radius 1 is 0.826 bits per heavy atom. The summed E-state index contributed by atoms with van der Waals surface area (Å²) in [6, 6.07) is 0. The van der Waals surface area contributed by atoms with E-state index in [1.54, 1.807) is 64.2 Å². The molecular weight excluding hydrogens is 276 g/mol. The molecule has 0 N–H and O–H groups in total. The molecule has 4 rings (SSSR count). The number of rotatable bonds is 6. The lowest BCUT2D eigenvalue weighted by atomic mass is 9.69. The molecule has 0 aromatic heterocycles. The molecule has 5 atom stereocenters. The van der Waals surface area contributed by atoms with Gasteiger partial charge in [0.2, 0.25) is 0 Å². The van der Waals surface area contributed by atoms with Gasteiger partial charge in [0.15, 0.2) is 0 Å². The third-order valence-corrected chi connectivity index (χ3v) is 9.35. The van der Waals surface area contributed by atoms with Gasteiger partial charge in [0.1, 0.15) is 0 Å². The van der Waals surface area contributed by atoms with E-state index in [1.165, 1.54) is 25.7 Å². The third-order valence-electron chi connectivity index (χ3n) is 9.35. The van der Waals surface area contributed by atoms with Crippen molar-refractivity contribution in [2.24, 2.45) is 40.9 Å². The fourth-order valence-corrected chi connectivity index (χ4v) is 7.79. The summed E-state index contributed by atoms with van der Waals surface area (Å²) >= 11 is 0.